The van der Waals surface area contributed by atoms with E-state index in [9.17, 15) is 0 Å². The van der Waals surface area contributed by atoms with E-state index in [0.717, 1.165) is 22.1 Å². The summed E-state index contributed by atoms with van der Waals surface area (Å²) in [5, 5.41) is 4.77. The molecule has 3 aromatic rings. The van der Waals surface area contributed by atoms with Gasteiger partial charge in [-0.2, -0.15) is 0 Å². The number of benzene rings is 1. The molecule has 1 N–H and O–H groups in total. The van der Waals surface area contributed by atoms with Gasteiger partial charge in [-0.25, -0.2) is 0 Å². The predicted octanol–water partition coefficient (Wildman–Crippen LogP) is 2.82. The van der Waals surface area contributed by atoms with E-state index < -0.39 is 0 Å². The van der Waals surface area contributed by atoms with Crippen LogP contribution in [-0.2, 0) is 0 Å². The maximum Gasteiger partial charge on any atom is 0.167 e. The highest BCUT2D eigenvalue weighted by molar-refractivity contribution is 5.82. The normalized spacial score (nSPS) is 10.9. The van der Waals surface area contributed by atoms with Crippen molar-refractivity contribution in [2.45, 2.75) is 0 Å². The first-order valence-electron chi connectivity index (χ1n) is 4.41. The molecule has 1 aromatic carbocycles. The van der Waals surface area contributed by atoms with Crippen molar-refractivity contribution < 1.29 is 4.52 Å². The Bertz CT molecular complexity index is 551. The van der Waals surface area contributed by atoms with E-state index in [4.69, 9.17) is 4.52 Å². The first-order valence-corrected chi connectivity index (χ1v) is 4.41. The Morgan fingerprint density at radius 1 is 1.14 bits per heavy atom. The maximum absolute atomic E-state index is 5.10. The number of fused-ring (bicyclic) bond motifs is 1. The van der Waals surface area contributed by atoms with Gasteiger partial charge in [-0.1, -0.05) is 11.2 Å². The molecule has 0 saturated carbocycles. The van der Waals surface area contributed by atoms with Gasteiger partial charge in [-0.05, 0) is 29.3 Å². The van der Waals surface area contributed by atoms with E-state index in [1.54, 1.807) is 6.20 Å². The largest absolute Gasteiger partial charge is 0.367 e. The minimum Gasteiger partial charge on any atom is -0.367 e. The molecule has 0 bridgehead atoms. The zero-order valence-electron chi connectivity index (χ0n) is 7.40. The van der Waals surface area contributed by atoms with E-state index in [1.807, 2.05) is 30.6 Å². The highest BCUT2D eigenvalue weighted by Gasteiger charge is 2.02. The van der Waals surface area contributed by atoms with Crippen molar-refractivity contribution >= 4 is 11.0 Å². The Morgan fingerprint density at radius 2 is 2.14 bits per heavy atom. The summed E-state index contributed by atoms with van der Waals surface area (Å²) in [6, 6.07) is 8.08. The number of aromatic nitrogens is 2. The van der Waals surface area contributed by atoms with Crippen LogP contribution in [0.5, 0.6) is 0 Å². The van der Waals surface area contributed by atoms with E-state index in [0.29, 0.717) is 0 Å². The molecule has 3 nitrogen and oxygen atoms in total. The fourth-order valence-corrected chi connectivity index (χ4v) is 1.54. The molecule has 3 rings (SSSR count). The zero-order valence-corrected chi connectivity index (χ0v) is 7.40. The molecule has 0 fully saturated rings. The van der Waals surface area contributed by atoms with Crippen LogP contribution in [0.15, 0.2) is 47.4 Å². The van der Waals surface area contributed by atoms with Crippen molar-refractivity contribution in [3.05, 3.63) is 42.9 Å². The van der Waals surface area contributed by atoms with Crippen LogP contribution in [0, 0.1) is 0 Å². The second kappa shape index (κ2) is 2.73. The van der Waals surface area contributed by atoms with Gasteiger partial charge in [0, 0.05) is 17.8 Å². The molecule has 2 heterocycles. The van der Waals surface area contributed by atoms with Crippen molar-refractivity contribution in [2.75, 3.05) is 0 Å². The molecule has 3 heteroatoms. The molecule has 0 aliphatic heterocycles. The summed E-state index contributed by atoms with van der Waals surface area (Å²) in [6.07, 6.45) is 5.58. The number of nitrogens with one attached hydrogen (secondary N) is 1. The molecular weight excluding hydrogens is 176 g/mol. The average molecular weight is 184 g/mol. The second-order valence-corrected chi connectivity index (χ2v) is 3.18. The Labute approximate surface area is 80.3 Å². The Balaban J connectivity index is 2.23. The molecule has 0 saturated heterocycles. The molecular formula is C11H8N2O. The SMILES string of the molecule is c1cc(-c2ccc3cnoc3c2)c[nH]1. The van der Waals surface area contributed by atoms with Gasteiger partial charge in [0.05, 0.1) is 6.20 Å². The van der Waals surface area contributed by atoms with Crippen LogP contribution in [0.3, 0.4) is 0 Å². The first-order chi connectivity index (χ1) is 6.93. The summed E-state index contributed by atoms with van der Waals surface area (Å²) in [6.45, 7) is 0. The van der Waals surface area contributed by atoms with Crippen LogP contribution in [0.2, 0.25) is 0 Å². The predicted molar refractivity (Wildman–Crippen MR) is 53.8 cm³/mol. The first kappa shape index (κ1) is 7.38. The second-order valence-electron chi connectivity index (χ2n) is 3.18. The lowest BCUT2D eigenvalue weighted by Crippen LogP contribution is -1.72. The monoisotopic (exact) mass is 184 g/mol. The van der Waals surface area contributed by atoms with Crippen molar-refractivity contribution in [1.82, 2.24) is 10.1 Å². The summed E-state index contributed by atoms with van der Waals surface area (Å²) in [5.74, 6) is 0. The minimum absolute atomic E-state index is 0.823. The number of H-pyrrole nitrogens is 1. The number of rotatable bonds is 1. The van der Waals surface area contributed by atoms with Crippen LogP contribution in [0.25, 0.3) is 22.1 Å². The van der Waals surface area contributed by atoms with Crippen LogP contribution >= 0.6 is 0 Å². The van der Waals surface area contributed by atoms with Gasteiger partial charge in [-0.3, -0.25) is 0 Å². The summed E-state index contributed by atoms with van der Waals surface area (Å²) in [7, 11) is 0. The molecule has 14 heavy (non-hydrogen) atoms. The lowest BCUT2D eigenvalue weighted by Gasteiger charge is -1.95. The van der Waals surface area contributed by atoms with Crippen molar-refractivity contribution in [2.24, 2.45) is 0 Å². The molecule has 0 atom stereocenters. The summed E-state index contributed by atoms with van der Waals surface area (Å²) >= 11 is 0. The topological polar surface area (TPSA) is 41.8 Å². The summed E-state index contributed by atoms with van der Waals surface area (Å²) in [5.41, 5.74) is 3.11. The number of aromatic amines is 1. The molecule has 0 radical (unpaired) electrons. The molecule has 0 unspecified atom stereocenters. The number of hydrogen-bond donors (Lipinski definition) is 1. The highest BCUT2D eigenvalue weighted by atomic mass is 16.5. The Hall–Kier alpha value is -2.03. The van der Waals surface area contributed by atoms with E-state index >= 15 is 0 Å². The fraction of sp³-hybridized carbons (Fsp3) is 0. The van der Waals surface area contributed by atoms with Gasteiger partial charge in [0.25, 0.3) is 0 Å². The van der Waals surface area contributed by atoms with E-state index in [2.05, 4.69) is 16.2 Å². The van der Waals surface area contributed by atoms with Crippen molar-refractivity contribution in [3.8, 4) is 11.1 Å². The standard InChI is InChI=1S/C11H8N2O/c1-2-10-7-13-14-11(10)5-8(1)9-3-4-12-6-9/h1-7,12H. The lowest BCUT2D eigenvalue weighted by atomic mass is 10.1. The van der Waals surface area contributed by atoms with Gasteiger partial charge >= 0.3 is 0 Å². The summed E-state index contributed by atoms with van der Waals surface area (Å²) in [4.78, 5) is 3.02. The van der Waals surface area contributed by atoms with Gasteiger partial charge < -0.3 is 9.51 Å². The highest BCUT2D eigenvalue weighted by Crippen LogP contribution is 2.23. The average Bonchev–Trinajstić information content (AvgIpc) is 2.88. The van der Waals surface area contributed by atoms with Gasteiger partial charge in [0.15, 0.2) is 5.58 Å². The molecule has 0 spiro atoms. The van der Waals surface area contributed by atoms with Crippen molar-refractivity contribution in [1.29, 1.82) is 0 Å². The van der Waals surface area contributed by atoms with Crippen LogP contribution in [0.1, 0.15) is 0 Å². The van der Waals surface area contributed by atoms with E-state index in [-0.39, 0.29) is 0 Å². The van der Waals surface area contributed by atoms with Crippen LogP contribution < -0.4 is 0 Å². The van der Waals surface area contributed by atoms with Gasteiger partial charge in [0.2, 0.25) is 0 Å². The van der Waals surface area contributed by atoms with Crippen molar-refractivity contribution in [3.63, 3.8) is 0 Å². The maximum atomic E-state index is 5.10. The van der Waals surface area contributed by atoms with Crippen LogP contribution in [0.4, 0.5) is 0 Å². The minimum atomic E-state index is 0.823. The summed E-state index contributed by atoms with van der Waals surface area (Å²) < 4.78 is 5.10. The van der Waals surface area contributed by atoms with E-state index in [1.165, 1.54) is 0 Å². The zero-order chi connectivity index (χ0) is 9.38. The molecule has 2 aromatic heterocycles. The van der Waals surface area contributed by atoms with Crippen LogP contribution in [-0.4, -0.2) is 10.1 Å². The number of nitrogens with zero attached hydrogens (tertiary/aromatic N) is 1. The Morgan fingerprint density at radius 3 is 3.00 bits per heavy atom. The van der Waals surface area contributed by atoms with Gasteiger partial charge in [0.1, 0.15) is 0 Å². The van der Waals surface area contributed by atoms with Gasteiger partial charge in [-0.15, -0.1) is 0 Å². The lowest BCUT2D eigenvalue weighted by molar-refractivity contribution is 0.456. The molecule has 68 valence electrons. The molecule has 0 aliphatic carbocycles. The third-order valence-corrected chi connectivity index (χ3v) is 2.29. The number of hydrogen-bond acceptors (Lipinski definition) is 2. The smallest absolute Gasteiger partial charge is 0.167 e. The quantitative estimate of drug-likeness (QED) is 0.631. The molecule has 0 amide bonds. The fourth-order valence-electron chi connectivity index (χ4n) is 1.54. The Kier molecular flexibility index (Phi) is 1.44. The third kappa shape index (κ3) is 1.03. The molecule has 0 aliphatic rings. The third-order valence-electron chi connectivity index (χ3n) is 2.29.